The number of rotatable bonds is 3. The summed E-state index contributed by atoms with van der Waals surface area (Å²) in [4.78, 5) is 21.7. The Balaban J connectivity index is 1.77. The molecule has 0 aliphatic rings. The molecule has 0 saturated carbocycles. The topological polar surface area (TPSA) is 72.2 Å². The van der Waals surface area contributed by atoms with Crippen LogP contribution < -0.4 is 10.9 Å². The lowest BCUT2D eigenvalue weighted by atomic mass is 10.1. The molecule has 30 heavy (non-hydrogen) atoms. The molecule has 0 bridgehead atoms. The summed E-state index contributed by atoms with van der Waals surface area (Å²) in [5.74, 6) is -0.0211. The van der Waals surface area contributed by atoms with E-state index in [-0.39, 0.29) is 5.69 Å². The number of benzene rings is 3. The van der Waals surface area contributed by atoms with E-state index in [1.807, 2.05) is 36.4 Å². The largest absolute Gasteiger partial charge is 0.324 e. The third-order valence-electron chi connectivity index (χ3n) is 4.60. The number of hydrogen-bond acceptors (Lipinski definition) is 5. The molecular formula is C22H13ClFN5O. The molecular weight excluding hydrogens is 405 g/mol. The summed E-state index contributed by atoms with van der Waals surface area (Å²) >= 11 is 5.97. The highest BCUT2D eigenvalue weighted by molar-refractivity contribution is 6.30. The maximum atomic E-state index is 13.3. The van der Waals surface area contributed by atoms with E-state index in [2.05, 4.69) is 20.4 Å². The summed E-state index contributed by atoms with van der Waals surface area (Å²) in [5.41, 5.74) is 1.84. The lowest BCUT2D eigenvalue weighted by Crippen LogP contribution is -2.18. The van der Waals surface area contributed by atoms with Gasteiger partial charge in [0.1, 0.15) is 5.82 Å². The third-order valence-corrected chi connectivity index (χ3v) is 4.85. The Kier molecular flexibility index (Phi) is 4.37. The van der Waals surface area contributed by atoms with Crippen molar-refractivity contribution >= 4 is 39.8 Å². The van der Waals surface area contributed by atoms with Crippen LogP contribution in [0.4, 0.5) is 16.0 Å². The maximum Gasteiger partial charge on any atom is 0.300 e. The van der Waals surface area contributed by atoms with Crippen LogP contribution in [0, 0.1) is 5.82 Å². The SMILES string of the molecule is O=c1nc2c3ccccc3nc(Nc3ccc(Cl)cc3)n2nc1-c1ccc(F)cc1. The highest BCUT2D eigenvalue weighted by Gasteiger charge is 2.15. The van der Waals surface area contributed by atoms with Gasteiger partial charge >= 0.3 is 0 Å². The average Bonchev–Trinajstić information content (AvgIpc) is 2.76. The lowest BCUT2D eigenvalue weighted by Gasteiger charge is -2.12. The van der Waals surface area contributed by atoms with Crippen molar-refractivity contribution in [1.29, 1.82) is 0 Å². The minimum Gasteiger partial charge on any atom is -0.324 e. The first-order valence-corrected chi connectivity index (χ1v) is 9.45. The predicted molar refractivity (Wildman–Crippen MR) is 115 cm³/mol. The van der Waals surface area contributed by atoms with Crippen LogP contribution >= 0.6 is 11.6 Å². The fraction of sp³-hybridized carbons (Fsp3) is 0. The number of aromatic nitrogens is 4. The van der Waals surface area contributed by atoms with Gasteiger partial charge in [0.25, 0.3) is 5.56 Å². The molecule has 1 N–H and O–H groups in total. The number of fused-ring (bicyclic) bond motifs is 3. The van der Waals surface area contributed by atoms with Gasteiger partial charge in [0.05, 0.1) is 5.52 Å². The molecule has 0 aliphatic heterocycles. The van der Waals surface area contributed by atoms with Gasteiger partial charge in [0.15, 0.2) is 11.3 Å². The number of halogens is 2. The Bertz CT molecular complexity index is 1450. The fourth-order valence-corrected chi connectivity index (χ4v) is 3.29. The normalized spacial score (nSPS) is 11.1. The molecule has 0 amide bonds. The van der Waals surface area contributed by atoms with E-state index < -0.39 is 11.4 Å². The monoisotopic (exact) mass is 417 g/mol. The molecule has 0 spiro atoms. The van der Waals surface area contributed by atoms with Gasteiger partial charge in [-0.1, -0.05) is 23.7 Å². The summed E-state index contributed by atoms with van der Waals surface area (Å²) < 4.78 is 14.8. The zero-order chi connectivity index (χ0) is 20.7. The van der Waals surface area contributed by atoms with Crippen LogP contribution in [0.15, 0.2) is 77.6 Å². The minimum atomic E-state index is -0.504. The van der Waals surface area contributed by atoms with Crippen molar-refractivity contribution in [2.24, 2.45) is 0 Å². The highest BCUT2D eigenvalue weighted by atomic mass is 35.5. The Morgan fingerprint density at radius 2 is 1.63 bits per heavy atom. The van der Waals surface area contributed by atoms with Crippen molar-refractivity contribution in [3.8, 4) is 11.3 Å². The van der Waals surface area contributed by atoms with Gasteiger partial charge in [-0.3, -0.25) is 4.79 Å². The standard InChI is InChI=1S/C22H13ClFN5O/c23-14-7-11-16(12-8-14)25-22-26-18-4-2-1-3-17(18)20-27-21(30)19(28-29(20)22)13-5-9-15(24)10-6-13/h1-12H,(H,25,26). The smallest absolute Gasteiger partial charge is 0.300 e. The number of anilines is 2. The quantitative estimate of drug-likeness (QED) is 0.425. The van der Waals surface area contributed by atoms with Crippen molar-refractivity contribution < 1.29 is 4.39 Å². The zero-order valence-electron chi connectivity index (χ0n) is 15.4. The first-order valence-electron chi connectivity index (χ1n) is 9.07. The molecule has 0 unspecified atom stereocenters. The van der Waals surface area contributed by atoms with Gasteiger partial charge in [-0.2, -0.15) is 14.6 Å². The van der Waals surface area contributed by atoms with Crippen LogP contribution in [0.1, 0.15) is 0 Å². The molecule has 5 aromatic rings. The molecule has 2 heterocycles. The Labute approximate surface area is 174 Å². The van der Waals surface area contributed by atoms with Gasteiger partial charge in [-0.25, -0.2) is 9.37 Å². The number of nitrogens with zero attached hydrogens (tertiary/aromatic N) is 4. The van der Waals surface area contributed by atoms with E-state index in [4.69, 9.17) is 11.6 Å². The molecule has 0 saturated heterocycles. The lowest BCUT2D eigenvalue weighted by molar-refractivity contribution is 0.628. The second-order valence-corrected chi connectivity index (χ2v) is 7.03. The molecule has 3 aromatic carbocycles. The minimum absolute atomic E-state index is 0.101. The first kappa shape index (κ1) is 18.2. The molecule has 0 aliphatic carbocycles. The third kappa shape index (κ3) is 3.25. The second-order valence-electron chi connectivity index (χ2n) is 6.59. The van der Waals surface area contributed by atoms with E-state index in [1.54, 1.807) is 12.1 Å². The van der Waals surface area contributed by atoms with Crippen LogP contribution in [-0.2, 0) is 0 Å². The van der Waals surface area contributed by atoms with Crippen molar-refractivity contribution in [2.75, 3.05) is 5.32 Å². The van der Waals surface area contributed by atoms with Gasteiger partial charge < -0.3 is 5.32 Å². The van der Waals surface area contributed by atoms with Crippen LogP contribution in [-0.4, -0.2) is 19.6 Å². The van der Waals surface area contributed by atoms with Gasteiger partial charge in [0.2, 0.25) is 5.95 Å². The van der Waals surface area contributed by atoms with Gasteiger partial charge in [-0.05, 0) is 60.7 Å². The molecule has 6 nitrogen and oxygen atoms in total. The Hall–Kier alpha value is -3.84. The Morgan fingerprint density at radius 3 is 2.40 bits per heavy atom. The fourth-order valence-electron chi connectivity index (χ4n) is 3.16. The van der Waals surface area contributed by atoms with Crippen molar-refractivity contribution in [3.05, 3.63) is 94.0 Å². The van der Waals surface area contributed by atoms with E-state index >= 15 is 0 Å². The van der Waals surface area contributed by atoms with E-state index in [1.165, 1.54) is 28.8 Å². The summed E-state index contributed by atoms with van der Waals surface area (Å²) in [6.07, 6.45) is 0. The zero-order valence-corrected chi connectivity index (χ0v) is 16.1. The van der Waals surface area contributed by atoms with Crippen LogP contribution in [0.3, 0.4) is 0 Å². The molecule has 0 radical (unpaired) electrons. The first-order chi connectivity index (χ1) is 14.6. The number of nitrogens with one attached hydrogen (secondary N) is 1. The van der Waals surface area contributed by atoms with Crippen molar-refractivity contribution in [2.45, 2.75) is 0 Å². The van der Waals surface area contributed by atoms with Crippen LogP contribution in [0.25, 0.3) is 27.8 Å². The number of para-hydroxylation sites is 1. The molecule has 5 rings (SSSR count). The summed E-state index contributed by atoms with van der Waals surface area (Å²) in [7, 11) is 0. The molecule has 8 heteroatoms. The van der Waals surface area contributed by atoms with Crippen molar-refractivity contribution in [3.63, 3.8) is 0 Å². The summed E-state index contributed by atoms with van der Waals surface area (Å²) in [6.45, 7) is 0. The molecule has 0 fully saturated rings. The Morgan fingerprint density at radius 1 is 0.900 bits per heavy atom. The van der Waals surface area contributed by atoms with E-state index in [9.17, 15) is 9.18 Å². The predicted octanol–water partition coefficient (Wildman–Crippen LogP) is 4.84. The molecule has 0 atom stereocenters. The summed E-state index contributed by atoms with van der Waals surface area (Å²) in [6, 6.07) is 20.0. The maximum absolute atomic E-state index is 13.3. The summed E-state index contributed by atoms with van der Waals surface area (Å²) in [5, 5.41) is 9.01. The van der Waals surface area contributed by atoms with Crippen LogP contribution in [0.2, 0.25) is 5.02 Å². The van der Waals surface area contributed by atoms with E-state index in [0.29, 0.717) is 33.1 Å². The second kappa shape index (κ2) is 7.20. The van der Waals surface area contributed by atoms with Crippen LogP contribution in [0.5, 0.6) is 0 Å². The highest BCUT2D eigenvalue weighted by Crippen LogP contribution is 2.24. The molecule has 146 valence electrons. The van der Waals surface area contributed by atoms with E-state index in [0.717, 1.165) is 5.69 Å². The van der Waals surface area contributed by atoms with Gasteiger partial charge in [0, 0.05) is 21.7 Å². The van der Waals surface area contributed by atoms with Gasteiger partial charge in [-0.15, -0.1) is 0 Å². The average molecular weight is 418 g/mol. The number of hydrogen-bond donors (Lipinski definition) is 1. The van der Waals surface area contributed by atoms with Crippen molar-refractivity contribution in [1.82, 2.24) is 19.6 Å². The molecule has 2 aromatic heterocycles.